The molecule has 2 amide bonds. The molecule has 0 bridgehead atoms. The predicted molar refractivity (Wildman–Crippen MR) is 76.9 cm³/mol. The Morgan fingerprint density at radius 3 is 2.75 bits per heavy atom. The van der Waals surface area contributed by atoms with Crippen LogP contribution in [0.1, 0.15) is 18.4 Å². The van der Waals surface area contributed by atoms with Gasteiger partial charge in [-0.15, -0.1) is 0 Å². The molecular formula is C15H21N3O2. The first kappa shape index (κ1) is 14.5. The summed E-state index contributed by atoms with van der Waals surface area (Å²) in [6.07, 6.45) is 2.08. The van der Waals surface area contributed by atoms with Gasteiger partial charge in [0.25, 0.3) is 0 Å². The SMILES string of the molecule is NCC(=O)NC1CCN(C(=O)CCc2ccccc2)C1. The zero-order valence-electron chi connectivity index (χ0n) is 11.5. The van der Waals surface area contributed by atoms with Crippen LogP contribution in [0, 0.1) is 0 Å². The third-order valence-electron chi connectivity index (χ3n) is 3.56. The van der Waals surface area contributed by atoms with E-state index in [1.165, 1.54) is 5.56 Å². The van der Waals surface area contributed by atoms with Crippen LogP contribution in [0.5, 0.6) is 0 Å². The molecule has 5 nitrogen and oxygen atoms in total. The van der Waals surface area contributed by atoms with E-state index in [1.807, 2.05) is 35.2 Å². The smallest absolute Gasteiger partial charge is 0.234 e. The number of hydrogen-bond donors (Lipinski definition) is 2. The summed E-state index contributed by atoms with van der Waals surface area (Å²) in [4.78, 5) is 25.1. The number of carbonyl (C=O) groups is 2. The molecule has 108 valence electrons. The van der Waals surface area contributed by atoms with Gasteiger partial charge in [0.05, 0.1) is 6.54 Å². The summed E-state index contributed by atoms with van der Waals surface area (Å²) in [5, 5.41) is 2.83. The van der Waals surface area contributed by atoms with Crippen LogP contribution in [-0.2, 0) is 16.0 Å². The van der Waals surface area contributed by atoms with Gasteiger partial charge in [0.2, 0.25) is 11.8 Å². The molecule has 0 spiro atoms. The Hall–Kier alpha value is -1.88. The summed E-state index contributed by atoms with van der Waals surface area (Å²) in [7, 11) is 0. The van der Waals surface area contributed by atoms with Crippen molar-refractivity contribution < 1.29 is 9.59 Å². The second kappa shape index (κ2) is 7.05. The van der Waals surface area contributed by atoms with E-state index >= 15 is 0 Å². The molecule has 0 saturated carbocycles. The van der Waals surface area contributed by atoms with Crippen LogP contribution in [-0.4, -0.2) is 42.4 Å². The second-order valence-electron chi connectivity index (χ2n) is 5.08. The van der Waals surface area contributed by atoms with E-state index in [4.69, 9.17) is 5.73 Å². The minimum Gasteiger partial charge on any atom is -0.350 e. The molecule has 5 heteroatoms. The number of aryl methyl sites for hydroxylation is 1. The van der Waals surface area contributed by atoms with E-state index in [0.29, 0.717) is 19.5 Å². The molecule has 0 aliphatic carbocycles. The summed E-state index contributed by atoms with van der Waals surface area (Å²) in [6.45, 7) is 1.31. The lowest BCUT2D eigenvalue weighted by Gasteiger charge is -2.17. The number of carbonyl (C=O) groups excluding carboxylic acids is 2. The van der Waals surface area contributed by atoms with Gasteiger partial charge in [-0.25, -0.2) is 0 Å². The second-order valence-corrected chi connectivity index (χ2v) is 5.08. The normalized spacial score (nSPS) is 18.1. The zero-order chi connectivity index (χ0) is 14.4. The molecule has 20 heavy (non-hydrogen) atoms. The van der Waals surface area contributed by atoms with Crippen LogP contribution in [0.3, 0.4) is 0 Å². The molecule has 1 aliphatic rings. The van der Waals surface area contributed by atoms with Gasteiger partial charge in [-0.1, -0.05) is 30.3 Å². The minimum atomic E-state index is -0.159. The van der Waals surface area contributed by atoms with Crippen LogP contribution in [0.15, 0.2) is 30.3 Å². The topological polar surface area (TPSA) is 75.4 Å². The van der Waals surface area contributed by atoms with E-state index < -0.39 is 0 Å². The first-order chi connectivity index (χ1) is 9.69. The molecule has 1 atom stereocenters. The van der Waals surface area contributed by atoms with Crippen LogP contribution >= 0.6 is 0 Å². The molecule has 1 aromatic carbocycles. The summed E-state index contributed by atoms with van der Waals surface area (Å²) >= 11 is 0. The fourth-order valence-corrected chi connectivity index (χ4v) is 2.45. The van der Waals surface area contributed by atoms with E-state index in [1.54, 1.807) is 0 Å². The standard InChI is InChI=1S/C15H21N3O2/c16-10-14(19)17-13-8-9-18(11-13)15(20)7-6-12-4-2-1-3-5-12/h1-5,13H,6-11,16H2,(H,17,19). The Bertz CT molecular complexity index is 461. The van der Waals surface area contributed by atoms with Gasteiger partial charge >= 0.3 is 0 Å². The first-order valence-electron chi connectivity index (χ1n) is 7.00. The van der Waals surface area contributed by atoms with Crippen LogP contribution in [0.25, 0.3) is 0 Å². The van der Waals surface area contributed by atoms with Crippen molar-refractivity contribution in [1.29, 1.82) is 0 Å². The number of nitrogens with one attached hydrogen (secondary N) is 1. The van der Waals surface area contributed by atoms with Crippen molar-refractivity contribution in [1.82, 2.24) is 10.2 Å². The number of nitrogens with zero attached hydrogens (tertiary/aromatic N) is 1. The van der Waals surface area contributed by atoms with Crippen LogP contribution < -0.4 is 11.1 Å². The molecule has 0 aromatic heterocycles. The lowest BCUT2D eigenvalue weighted by molar-refractivity contribution is -0.130. The molecule has 1 fully saturated rings. The van der Waals surface area contributed by atoms with Crippen LogP contribution in [0.2, 0.25) is 0 Å². The fourth-order valence-electron chi connectivity index (χ4n) is 2.45. The van der Waals surface area contributed by atoms with Gasteiger partial charge < -0.3 is 16.0 Å². The maximum absolute atomic E-state index is 12.1. The molecule has 1 unspecified atom stereocenters. The quantitative estimate of drug-likeness (QED) is 0.811. The number of benzene rings is 1. The Labute approximate surface area is 119 Å². The van der Waals surface area contributed by atoms with E-state index in [0.717, 1.165) is 12.8 Å². The van der Waals surface area contributed by atoms with Crippen molar-refractivity contribution in [3.8, 4) is 0 Å². The number of likely N-dealkylation sites (tertiary alicyclic amines) is 1. The maximum atomic E-state index is 12.1. The van der Waals surface area contributed by atoms with Gasteiger partial charge in [0, 0.05) is 25.6 Å². The summed E-state index contributed by atoms with van der Waals surface area (Å²) in [5.41, 5.74) is 6.44. The average Bonchev–Trinajstić information content (AvgIpc) is 2.94. The van der Waals surface area contributed by atoms with E-state index in [2.05, 4.69) is 5.32 Å². The maximum Gasteiger partial charge on any atom is 0.234 e. The lowest BCUT2D eigenvalue weighted by Crippen LogP contribution is -2.41. The highest BCUT2D eigenvalue weighted by atomic mass is 16.2. The number of nitrogens with two attached hydrogens (primary N) is 1. The van der Waals surface area contributed by atoms with Crippen molar-refractivity contribution in [2.45, 2.75) is 25.3 Å². The van der Waals surface area contributed by atoms with Gasteiger partial charge in [-0.2, -0.15) is 0 Å². The summed E-state index contributed by atoms with van der Waals surface area (Å²) < 4.78 is 0. The van der Waals surface area contributed by atoms with Gasteiger partial charge in [0.1, 0.15) is 0 Å². The molecule has 1 aromatic rings. The average molecular weight is 275 g/mol. The fraction of sp³-hybridized carbons (Fsp3) is 0.467. The van der Waals surface area contributed by atoms with Crippen molar-refractivity contribution >= 4 is 11.8 Å². The number of amides is 2. The molecule has 3 N–H and O–H groups in total. The highest BCUT2D eigenvalue weighted by Crippen LogP contribution is 2.12. The van der Waals surface area contributed by atoms with Crippen molar-refractivity contribution in [2.24, 2.45) is 5.73 Å². The Kier molecular flexibility index (Phi) is 5.12. The number of rotatable bonds is 5. The highest BCUT2D eigenvalue weighted by Gasteiger charge is 2.26. The highest BCUT2D eigenvalue weighted by molar-refractivity contribution is 5.79. The summed E-state index contributed by atoms with van der Waals surface area (Å²) in [6, 6.07) is 10.0. The predicted octanol–water partition coefficient (Wildman–Crippen LogP) is 0.295. The Morgan fingerprint density at radius 1 is 1.30 bits per heavy atom. The van der Waals surface area contributed by atoms with Gasteiger partial charge in [-0.05, 0) is 18.4 Å². The van der Waals surface area contributed by atoms with E-state index in [-0.39, 0.29) is 24.4 Å². The molecule has 1 aliphatic heterocycles. The molecular weight excluding hydrogens is 254 g/mol. The monoisotopic (exact) mass is 275 g/mol. The Balaban J connectivity index is 1.75. The third kappa shape index (κ3) is 4.06. The van der Waals surface area contributed by atoms with Gasteiger partial charge in [-0.3, -0.25) is 9.59 Å². The summed E-state index contributed by atoms with van der Waals surface area (Å²) in [5.74, 6) is -0.00747. The van der Waals surface area contributed by atoms with E-state index in [9.17, 15) is 9.59 Å². The third-order valence-corrected chi connectivity index (χ3v) is 3.56. The number of hydrogen-bond acceptors (Lipinski definition) is 3. The Morgan fingerprint density at radius 2 is 2.05 bits per heavy atom. The van der Waals surface area contributed by atoms with Crippen molar-refractivity contribution in [2.75, 3.05) is 19.6 Å². The molecule has 1 heterocycles. The lowest BCUT2D eigenvalue weighted by atomic mass is 10.1. The van der Waals surface area contributed by atoms with Crippen molar-refractivity contribution in [3.63, 3.8) is 0 Å². The molecule has 0 radical (unpaired) electrons. The van der Waals surface area contributed by atoms with Crippen LogP contribution in [0.4, 0.5) is 0 Å². The zero-order valence-corrected chi connectivity index (χ0v) is 11.5. The minimum absolute atomic E-state index is 0.00153. The molecule has 2 rings (SSSR count). The van der Waals surface area contributed by atoms with Crippen molar-refractivity contribution in [3.05, 3.63) is 35.9 Å². The first-order valence-corrected chi connectivity index (χ1v) is 7.00. The van der Waals surface area contributed by atoms with Gasteiger partial charge in [0.15, 0.2) is 0 Å². The molecule has 1 saturated heterocycles. The largest absolute Gasteiger partial charge is 0.350 e.